The van der Waals surface area contributed by atoms with Gasteiger partial charge in [0.1, 0.15) is 0 Å². The molecule has 0 spiro atoms. The second-order valence-corrected chi connectivity index (χ2v) is 3.22. The van der Waals surface area contributed by atoms with E-state index in [0.717, 1.165) is 0 Å². The summed E-state index contributed by atoms with van der Waals surface area (Å²) in [5.41, 5.74) is 0.473. The zero-order chi connectivity index (χ0) is 9.30. The molecule has 12 heavy (non-hydrogen) atoms. The van der Waals surface area contributed by atoms with Crippen LogP contribution in [0.15, 0.2) is 12.1 Å². The van der Waals surface area contributed by atoms with Gasteiger partial charge in [0.25, 0.3) is 6.43 Å². The van der Waals surface area contributed by atoms with Crippen LogP contribution in [0.3, 0.4) is 0 Å². The molecule has 0 radical (unpaired) electrons. The minimum atomic E-state index is -2.50. The van der Waals surface area contributed by atoms with Crippen molar-refractivity contribution in [2.24, 2.45) is 0 Å². The van der Waals surface area contributed by atoms with Crippen LogP contribution in [0.1, 0.15) is 17.6 Å². The molecular weight excluding hydrogens is 205 g/mol. The summed E-state index contributed by atoms with van der Waals surface area (Å²) in [6.07, 6.45) is -2.50. The zero-order valence-corrected chi connectivity index (χ0v) is 7.76. The second-order valence-electron chi connectivity index (χ2n) is 2.43. The third kappa shape index (κ3) is 1.87. The molecule has 66 valence electrons. The summed E-state index contributed by atoms with van der Waals surface area (Å²) in [6.45, 7) is 1.64. The first-order chi connectivity index (χ1) is 5.52. The number of aryl methyl sites for hydroxylation is 1. The number of rotatable bonds is 1. The van der Waals surface area contributed by atoms with E-state index in [4.69, 9.17) is 23.2 Å². The number of hydrogen-bond acceptors (Lipinski definition) is 0. The molecule has 0 saturated carbocycles. The van der Waals surface area contributed by atoms with E-state index in [-0.39, 0.29) is 10.6 Å². The highest BCUT2D eigenvalue weighted by Crippen LogP contribution is 2.30. The van der Waals surface area contributed by atoms with Crippen LogP contribution in [0.4, 0.5) is 8.78 Å². The molecule has 0 saturated heterocycles. The number of halogens is 4. The van der Waals surface area contributed by atoms with E-state index in [1.165, 1.54) is 12.1 Å². The molecular formula is C8H6Cl2F2. The summed E-state index contributed by atoms with van der Waals surface area (Å²) in [7, 11) is 0. The Balaban J connectivity index is 3.21. The molecule has 0 heterocycles. The molecule has 0 aromatic heterocycles. The van der Waals surface area contributed by atoms with Gasteiger partial charge in [-0.2, -0.15) is 0 Å². The molecule has 0 amide bonds. The molecule has 1 aromatic carbocycles. The first kappa shape index (κ1) is 9.75. The first-order valence-corrected chi connectivity index (χ1v) is 4.01. The fraction of sp³-hybridized carbons (Fsp3) is 0.250. The van der Waals surface area contributed by atoms with Crippen molar-refractivity contribution in [2.45, 2.75) is 13.3 Å². The summed E-state index contributed by atoms with van der Waals surface area (Å²) < 4.78 is 24.3. The number of benzene rings is 1. The van der Waals surface area contributed by atoms with Crippen LogP contribution in [0.2, 0.25) is 10.0 Å². The van der Waals surface area contributed by atoms with Crippen molar-refractivity contribution in [3.8, 4) is 0 Å². The van der Waals surface area contributed by atoms with Crippen LogP contribution in [-0.4, -0.2) is 0 Å². The van der Waals surface area contributed by atoms with Crippen LogP contribution in [0, 0.1) is 6.92 Å². The van der Waals surface area contributed by atoms with Crippen LogP contribution >= 0.6 is 23.2 Å². The van der Waals surface area contributed by atoms with Crippen molar-refractivity contribution in [3.05, 3.63) is 33.3 Å². The van der Waals surface area contributed by atoms with E-state index in [9.17, 15) is 8.78 Å². The normalized spacial score (nSPS) is 10.8. The summed E-state index contributed by atoms with van der Waals surface area (Å²) in [5.74, 6) is 0. The van der Waals surface area contributed by atoms with Crippen molar-refractivity contribution in [2.75, 3.05) is 0 Å². The number of hydrogen-bond donors (Lipinski definition) is 0. The van der Waals surface area contributed by atoms with Gasteiger partial charge in [-0.1, -0.05) is 23.2 Å². The molecule has 0 unspecified atom stereocenters. The van der Waals surface area contributed by atoms with Gasteiger partial charge in [-0.05, 0) is 24.6 Å². The Morgan fingerprint density at radius 1 is 1.25 bits per heavy atom. The van der Waals surface area contributed by atoms with Gasteiger partial charge in [0.05, 0.1) is 10.0 Å². The van der Waals surface area contributed by atoms with Gasteiger partial charge >= 0.3 is 0 Å². The summed E-state index contributed by atoms with van der Waals surface area (Å²) in [4.78, 5) is 0. The predicted molar refractivity (Wildman–Crippen MR) is 46.2 cm³/mol. The highest BCUT2D eigenvalue weighted by molar-refractivity contribution is 6.42. The van der Waals surface area contributed by atoms with E-state index in [2.05, 4.69) is 0 Å². The zero-order valence-electron chi connectivity index (χ0n) is 6.24. The van der Waals surface area contributed by atoms with Crippen molar-refractivity contribution in [3.63, 3.8) is 0 Å². The quantitative estimate of drug-likeness (QED) is 0.651. The van der Waals surface area contributed by atoms with Crippen molar-refractivity contribution in [1.29, 1.82) is 0 Å². The van der Waals surface area contributed by atoms with Crippen LogP contribution in [0.25, 0.3) is 0 Å². The monoisotopic (exact) mass is 210 g/mol. The first-order valence-electron chi connectivity index (χ1n) is 3.26. The molecule has 0 aliphatic heterocycles. The van der Waals surface area contributed by atoms with Crippen LogP contribution < -0.4 is 0 Å². The Morgan fingerprint density at radius 3 is 2.25 bits per heavy atom. The van der Waals surface area contributed by atoms with E-state index < -0.39 is 6.43 Å². The SMILES string of the molecule is Cc1cc(C(F)F)cc(Cl)c1Cl. The maximum Gasteiger partial charge on any atom is 0.263 e. The molecule has 0 aliphatic rings. The molecule has 1 aromatic rings. The second kappa shape index (κ2) is 3.58. The Morgan fingerprint density at radius 2 is 1.83 bits per heavy atom. The average Bonchev–Trinajstić information content (AvgIpc) is 1.99. The smallest absolute Gasteiger partial charge is 0.205 e. The highest BCUT2D eigenvalue weighted by atomic mass is 35.5. The maximum absolute atomic E-state index is 12.2. The minimum absolute atomic E-state index is 0.0955. The van der Waals surface area contributed by atoms with Gasteiger partial charge < -0.3 is 0 Å². The molecule has 4 heteroatoms. The molecule has 0 atom stereocenters. The van der Waals surface area contributed by atoms with E-state index in [1.807, 2.05) is 0 Å². The van der Waals surface area contributed by atoms with Gasteiger partial charge in [0.15, 0.2) is 0 Å². The van der Waals surface area contributed by atoms with Gasteiger partial charge in [0, 0.05) is 5.56 Å². The Labute approximate surface area is 79.1 Å². The summed E-state index contributed by atoms with van der Waals surface area (Å²) in [5, 5.41) is 0.507. The highest BCUT2D eigenvalue weighted by Gasteiger charge is 2.11. The molecule has 0 aliphatic carbocycles. The lowest BCUT2D eigenvalue weighted by molar-refractivity contribution is 0.151. The third-order valence-electron chi connectivity index (χ3n) is 1.48. The van der Waals surface area contributed by atoms with E-state index >= 15 is 0 Å². The van der Waals surface area contributed by atoms with Gasteiger partial charge in [-0.25, -0.2) is 8.78 Å². The third-order valence-corrected chi connectivity index (χ3v) is 2.38. The van der Waals surface area contributed by atoms with Crippen molar-refractivity contribution in [1.82, 2.24) is 0 Å². The summed E-state index contributed by atoms with van der Waals surface area (Å²) in [6, 6.07) is 2.51. The Hall–Kier alpha value is -0.340. The lowest BCUT2D eigenvalue weighted by Gasteiger charge is -2.04. The largest absolute Gasteiger partial charge is 0.263 e. The lowest BCUT2D eigenvalue weighted by atomic mass is 10.1. The topological polar surface area (TPSA) is 0 Å². The molecule has 0 bridgehead atoms. The molecule has 0 nitrogen and oxygen atoms in total. The van der Waals surface area contributed by atoms with E-state index in [0.29, 0.717) is 10.6 Å². The Kier molecular flexibility index (Phi) is 2.91. The fourth-order valence-electron chi connectivity index (χ4n) is 0.879. The van der Waals surface area contributed by atoms with Gasteiger partial charge in [-0.15, -0.1) is 0 Å². The standard InChI is InChI=1S/C8H6Cl2F2/c1-4-2-5(8(11)12)3-6(9)7(4)10/h2-3,8H,1H3. The minimum Gasteiger partial charge on any atom is -0.205 e. The number of alkyl halides is 2. The fourth-order valence-corrected chi connectivity index (χ4v) is 1.26. The maximum atomic E-state index is 12.2. The van der Waals surface area contributed by atoms with Crippen molar-refractivity contribution < 1.29 is 8.78 Å². The predicted octanol–water partition coefficient (Wildman–Crippen LogP) is 4.24. The van der Waals surface area contributed by atoms with Crippen molar-refractivity contribution >= 4 is 23.2 Å². The average molecular weight is 211 g/mol. The van der Waals surface area contributed by atoms with Gasteiger partial charge in [0.2, 0.25) is 0 Å². The molecule has 0 fully saturated rings. The van der Waals surface area contributed by atoms with Crippen LogP contribution in [0.5, 0.6) is 0 Å². The van der Waals surface area contributed by atoms with E-state index in [1.54, 1.807) is 6.92 Å². The van der Waals surface area contributed by atoms with Crippen LogP contribution in [-0.2, 0) is 0 Å². The summed E-state index contributed by atoms with van der Waals surface area (Å²) >= 11 is 11.3. The molecule has 0 N–H and O–H groups in total. The molecule has 1 rings (SSSR count). The van der Waals surface area contributed by atoms with Gasteiger partial charge in [-0.3, -0.25) is 0 Å². The lowest BCUT2D eigenvalue weighted by Crippen LogP contribution is -1.86. The Bertz CT molecular complexity index is 274.